The third-order valence-electron chi connectivity index (χ3n) is 0.343. The Labute approximate surface area is 45.6 Å². The number of nitrogens with zero attached hydrogens (tertiary/aromatic N) is 4. The van der Waals surface area contributed by atoms with Gasteiger partial charge in [-0.05, 0) is 0 Å². The predicted molar refractivity (Wildman–Crippen MR) is 21.5 cm³/mol. The second kappa shape index (κ2) is 2.17. The molecule has 0 radical (unpaired) electrons. The third kappa shape index (κ3) is 0.965. The molecule has 28 valence electrons. The second-order valence-electron chi connectivity index (χ2n) is 0.708. The summed E-state index contributed by atoms with van der Waals surface area (Å²) in [7, 11) is 0. The van der Waals surface area contributed by atoms with Crippen LogP contribution in [0.1, 0.15) is 0 Å². The maximum absolute atomic E-state index is 3.68. The van der Waals surface area contributed by atoms with Crippen LogP contribution in [-0.4, -0.2) is 26.6 Å². The van der Waals surface area contributed by atoms with Gasteiger partial charge in [0.15, 0.2) is 0 Å². The predicted octanol–water partition coefficient (Wildman–Crippen LogP) is 0.198. The number of rotatable bonds is 0. The van der Waals surface area contributed by atoms with Gasteiger partial charge in [0.25, 0.3) is 0 Å². The zero-order chi connectivity index (χ0) is 4.24. The molecule has 0 aromatic carbocycles. The molecule has 1 heterocycles. The van der Waals surface area contributed by atoms with Crippen molar-refractivity contribution in [3.05, 3.63) is 0 Å². The van der Waals surface area contributed by atoms with Crippen molar-refractivity contribution >= 4 is 26.6 Å². The summed E-state index contributed by atoms with van der Waals surface area (Å²) in [6.07, 6.45) is 0. The van der Waals surface area contributed by atoms with Gasteiger partial charge in [-0.25, -0.2) is 0 Å². The number of hydrogen-bond donors (Lipinski definition) is 0. The summed E-state index contributed by atoms with van der Waals surface area (Å²) in [5, 5.41) is 10.1. The van der Waals surface area contributed by atoms with Gasteiger partial charge in [0.2, 0.25) is 0 Å². The average molecular weight is 184 g/mol. The Kier molecular flexibility index (Phi) is 1.49. The first kappa shape index (κ1) is 4.11. The molecular formula is CHInN4. The molecule has 0 aromatic rings. The van der Waals surface area contributed by atoms with E-state index in [0.29, 0.717) is 0 Å². The molecule has 0 saturated heterocycles. The zero-order valence-corrected chi connectivity index (χ0v) is 6.24. The summed E-state index contributed by atoms with van der Waals surface area (Å²) in [5.41, 5.74) is 0. The second-order valence-corrected chi connectivity index (χ2v) is 3.07. The van der Waals surface area contributed by atoms with E-state index in [1.165, 1.54) is 0 Å². The molecule has 0 bridgehead atoms. The molecule has 5 heteroatoms. The van der Waals surface area contributed by atoms with Crippen LogP contribution in [0.4, 0.5) is 0 Å². The Morgan fingerprint density at radius 2 is 2.33 bits per heavy atom. The molecule has 1 rings (SSSR count). The molecule has 0 N–H and O–H groups in total. The standard InChI is InChI=1S/CHN4.In/c1-3-5-4-2;/h1H;/q-1;+1. The Balaban J connectivity index is 2.77. The van der Waals surface area contributed by atoms with Crippen molar-refractivity contribution in [3.63, 3.8) is 0 Å². The summed E-state index contributed by atoms with van der Waals surface area (Å²) >= 11 is -0.783. The average Bonchev–Trinajstić information content (AvgIpc) is 1.72. The van der Waals surface area contributed by atoms with Crippen LogP contribution in [0.2, 0.25) is 0 Å². The summed E-state index contributed by atoms with van der Waals surface area (Å²) in [4.78, 5) is 0. The van der Waals surface area contributed by atoms with Crippen LogP contribution >= 0.6 is 0 Å². The van der Waals surface area contributed by atoms with Crippen LogP contribution in [0.15, 0.2) is 18.7 Å². The van der Waals surface area contributed by atoms with Gasteiger partial charge in [-0.2, -0.15) is 0 Å². The van der Waals surface area contributed by atoms with Crippen LogP contribution < -0.4 is 0 Å². The summed E-state index contributed by atoms with van der Waals surface area (Å²) in [6, 6.07) is 0. The van der Waals surface area contributed by atoms with E-state index in [2.05, 4.69) is 18.7 Å². The van der Waals surface area contributed by atoms with E-state index in [0.717, 1.165) is 0 Å². The van der Waals surface area contributed by atoms with Gasteiger partial charge in [0.05, 0.1) is 0 Å². The van der Waals surface area contributed by atoms with Crippen molar-refractivity contribution in [2.45, 2.75) is 0 Å². The molecule has 0 atom stereocenters. The summed E-state index contributed by atoms with van der Waals surface area (Å²) in [5.74, 6) is 0. The molecule has 0 aliphatic carbocycles. The van der Waals surface area contributed by atoms with E-state index < -0.39 is 22.7 Å². The molecule has 1 aliphatic rings. The molecule has 0 amide bonds. The minimum absolute atomic E-state index is 0.783. The van der Waals surface area contributed by atoms with Gasteiger partial charge in [-0.1, -0.05) is 0 Å². The molecule has 0 aromatic heterocycles. The van der Waals surface area contributed by atoms with Crippen LogP contribution in [0.25, 0.3) is 0 Å². The van der Waals surface area contributed by atoms with E-state index >= 15 is 0 Å². The SMILES string of the molecule is [CH]1=[In][N]=NN=N1. The fourth-order valence-corrected chi connectivity index (χ4v) is 0.978. The molecule has 0 fully saturated rings. The van der Waals surface area contributed by atoms with E-state index in [4.69, 9.17) is 0 Å². The fourth-order valence-electron chi connectivity index (χ4n) is 0.165. The van der Waals surface area contributed by atoms with Gasteiger partial charge in [-0.3, -0.25) is 0 Å². The Morgan fingerprint density at radius 1 is 1.33 bits per heavy atom. The van der Waals surface area contributed by atoms with E-state index in [1.54, 1.807) is 3.88 Å². The van der Waals surface area contributed by atoms with E-state index in [-0.39, 0.29) is 0 Å². The first-order chi connectivity index (χ1) is 3.00. The molecular weight excluding hydrogens is 183 g/mol. The van der Waals surface area contributed by atoms with Crippen molar-refractivity contribution in [2.75, 3.05) is 0 Å². The Morgan fingerprint density at radius 3 is 2.50 bits per heavy atom. The molecule has 4 nitrogen and oxygen atoms in total. The normalized spacial score (nSPS) is 14.7. The first-order valence-corrected chi connectivity index (χ1v) is 4.83. The number of hydrogen-bond acceptors (Lipinski definition) is 4. The minimum atomic E-state index is -0.783. The van der Waals surface area contributed by atoms with E-state index in [9.17, 15) is 0 Å². The molecule has 1 aliphatic heterocycles. The Hall–Kier alpha value is -0.0599. The quantitative estimate of drug-likeness (QED) is 0.516. The van der Waals surface area contributed by atoms with Crippen LogP contribution in [-0.2, 0) is 0 Å². The topological polar surface area (TPSA) is 49.4 Å². The van der Waals surface area contributed by atoms with Crippen LogP contribution in [0.5, 0.6) is 0 Å². The summed E-state index contributed by atoms with van der Waals surface area (Å²) < 4.78 is 5.46. The monoisotopic (exact) mass is 184 g/mol. The van der Waals surface area contributed by atoms with Gasteiger partial charge >= 0.3 is 45.3 Å². The Bertz CT molecular complexity index is 76.9. The van der Waals surface area contributed by atoms with Crippen molar-refractivity contribution in [1.82, 2.24) is 0 Å². The third-order valence-corrected chi connectivity index (χ3v) is 1.78. The van der Waals surface area contributed by atoms with Crippen LogP contribution in [0, 0.1) is 0 Å². The van der Waals surface area contributed by atoms with Crippen molar-refractivity contribution in [1.29, 1.82) is 0 Å². The van der Waals surface area contributed by atoms with Crippen molar-refractivity contribution in [2.24, 2.45) is 18.7 Å². The van der Waals surface area contributed by atoms with Gasteiger partial charge in [0.1, 0.15) is 0 Å². The van der Waals surface area contributed by atoms with Crippen molar-refractivity contribution < 1.29 is 0 Å². The van der Waals surface area contributed by atoms with Gasteiger partial charge < -0.3 is 0 Å². The summed E-state index contributed by atoms with van der Waals surface area (Å²) in [6.45, 7) is 0. The first-order valence-electron chi connectivity index (χ1n) is 1.45. The zero-order valence-electron chi connectivity index (χ0n) is 2.94. The van der Waals surface area contributed by atoms with Gasteiger partial charge in [-0.15, -0.1) is 0 Å². The van der Waals surface area contributed by atoms with Gasteiger partial charge in [0, 0.05) is 0 Å². The maximum atomic E-state index is 3.68. The molecule has 0 spiro atoms. The molecule has 6 heavy (non-hydrogen) atoms. The van der Waals surface area contributed by atoms with Crippen LogP contribution in [0.3, 0.4) is 0 Å². The molecule has 0 saturated carbocycles. The van der Waals surface area contributed by atoms with E-state index in [1.807, 2.05) is 0 Å². The molecule has 0 unspecified atom stereocenters. The van der Waals surface area contributed by atoms with Crippen molar-refractivity contribution in [3.8, 4) is 0 Å². The fraction of sp³-hybridized carbons (Fsp3) is 0.